The minimum Gasteiger partial charge on any atom is -0.369 e. The Hall–Kier alpha value is -8.18. The van der Waals surface area contributed by atoms with E-state index >= 15 is 14.4 Å². The van der Waals surface area contributed by atoms with Crippen LogP contribution in [0.15, 0.2) is 109 Å². The van der Waals surface area contributed by atoms with Crippen molar-refractivity contribution in [3.8, 4) is 11.4 Å². The Morgan fingerprint density at radius 2 is 0.815 bits per heavy atom. The lowest BCUT2D eigenvalue weighted by molar-refractivity contribution is -0.138. The number of carbonyl (C=O) groups excluding carboxylic acids is 3. The highest BCUT2D eigenvalue weighted by molar-refractivity contribution is 6.42. The van der Waals surface area contributed by atoms with Crippen LogP contribution in [0.5, 0.6) is 0 Å². The molecule has 1 unspecified atom stereocenters. The number of alkyl halides is 9. The molecule has 2 aliphatic heterocycles. The van der Waals surface area contributed by atoms with Crippen molar-refractivity contribution in [1.82, 2.24) is 18.9 Å². The lowest BCUT2D eigenvalue weighted by Crippen LogP contribution is -2.47. The third-order valence-electron chi connectivity index (χ3n) is 18.1. The molecule has 0 bridgehead atoms. The Labute approximate surface area is 453 Å². The average Bonchev–Trinajstić information content (AvgIpc) is 4.11. The molecular weight excluding hydrogens is 1060 g/mol. The predicted molar refractivity (Wildman–Crippen MR) is 291 cm³/mol. The highest BCUT2D eigenvalue weighted by atomic mass is 19.4. The van der Waals surface area contributed by atoms with Crippen molar-refractivity contribution in [2.75, 3.05) is 0 Å². The van der Waals surface area contributed by atoms with Gasteiger partial charge in [-0.15, -0.1) is 0 Å². The van der Waals surface area contributed by atoms with Crippen molar-refractivity contribution in [1.29, 1.82) is 0 Å². The van der Waals surface area contributed by atoms with Gasteiger partial charge in [0.15, 0.2) is 6.23 Å². The molecule has 2 saturated carbocycles. The summed E-state index contributed by atoms with van der Waals surface area (Å²) in [5.74, 6) is -1.82. The zero-order valence-electron chi connectivity index (χ0n) is 43.1. The summed E-state index contributed by atoms with van der Waals surface area (Å²) < 4.78 is 138. The van der Waals surface area contributed by atoms with Crippen LogP contribution in [0, 0.1) is 6.92 Å². The molecule has 408 valence electrons. The third-order valence-corrected chi connectivity index (χ3v) is 18.1. The van der Waals surface area contributed by atoms with Gasteiger partial charge in [0, 0.05) is 77.1 Å². The van der Waals surface area contributed by atoms with Crippen molar-refractivity contribution < 1.29 is 59.0 Å². The Balaban J connectivity index is 1.18. The molecule has 15 rings (SSSR count). The molecular formula is C64H45F9N4O4. The number of amides is 3. The highest BCUT2D eigenvalue weighted by Crippen LogP contribution is 2.54. The predicted octanol–water partition coefficient (Wildman–Crippen LogP) is 17.0. The van der Waals surface area contributed by atoms with Crippen LogP contribution in [0.4, 0.5) is 39.5 Å². The monoisotopic (exact) mass is 1100 g/mol. The van der Waals surface area contributed by atoms with E-state index in [9.17, 15) is 44.6 Å². The normalized spacial score (nSPS) is 18.1. The lowest BCUT2D eigenvalue weighted by atomic mass is 9.80. The van der Waals surface area contributed by atoms with Crippen LogP contribution < -0.4 is 0 Å². The fourth-order valence-electron chi connectivity index (χ4n) is 14.5. The number of hydrogen-bond acceptors (Lipinski definition) is 4. The lowest BCUT2D eigenvalue weighted by Gasteiger charge is -2.41. The fourth-order valence-corrected chi connectivity index (χ4v) is 14.5. The summed E-state index contributed by atoms with van der Waals surface area (Å²) in [5, 5.41) is 16.1. The molecule has 3 amide bonds. The summed E-state index contributed by atoms with van der Waals surface area (Å²) in [6, 6.07) is 23.6. The number of fused-ring (bicyclic) bond motifs is 8. The number of aromatic nitrogens is 2. The van der Waals surface area contributed by atoms with E-state index in [0.29, 0.717) is 58.3 Å². The molecule has 2 fully saturated rings. The molecule has 2 aromatic heterocycles. The smallest absolute Gasteiger partial charge is 0.369 e. The van der Waals surface area contributed by atoms with Crippen molar-refractivity contribution in [2.24, 2.45) is 0 Å². The summed E-state index contributed by atoms with van der Waals surface area (Å²) in [7, 11) is 0. The van der Waals surface area contributed by atoms with Crippen molar-refractivity contribution in [3.63, 3.8) is 0 Å². The first-order chi connectivity index (χ1) is 38.7. The summed E-state index contributed by atoms with van der Waals surface area (Å²) in [6.45, 7) is 1.83. The maximum Gasteiger partial charge on any atom is 0.416 e. The van der Waals surface area contributed by atoms with Gasteiger partial charge in [0.1, 0.15) is 0 Å². The van der Waals surface area contributed by atoms with Crippen LogP contribution in [-0.4, -0.2) is 53.8 Å². The van der Waals surface area contributed by atoms with Crippen molar-refractivity contribution in [3.05, 3.63) is 154 Å². The van der Waals surface area contributed by atoms with E-state index in [1.807, 2.05) is 25.1 Å². The molecule has 81 heavy (non-hydrogen) atoms. The van der Waals surface area contributed by atoms with Gasteiger partial charge in [0.25, 0.3) is 17.7 Å². The van der Waals surface area contributed by atoms with Gasteiger partial charge in [-0.2, -0.15) is 39.5 Å². The molecule has 8 nitrogen and oxygen atoms in total. The highest BCUT2D eigenvalue weighted by Gasteiger charge is 2.44. The second kappa shape index (κ2) is 16.9. The summed E-state index contributed by atoms with van der Waals surface area (Å²) in [6.07, 6.45) is -9.05. The van der Waals surface area contributed by atoms with E-state index in [4.69, 9.17) is 0 Å². The van der Waals surface area contributed by atoms with E-state index in [1.54, 1.807) is 34.9 Å². The molecule has 0 spiro atoms. The number of carbonyl (C=O) groups is 3. The van der Waals surface area contributed by atoms with E-state index in [1.165, 1.54) is 38.6 Å². The van der Waals surface area contributed by atoms with Crippen LogP contribution >= 0.6 is 0 Å². The van der Waals surface area contributed by atoms with Crippen LogP contribution in [0.1, 0.15) is 129 Å². The zero-order valence-corrected chi connectivity index (χ0v) is 43.1. The quantitative estimate of drug-likeness (QED) is 0.0823. The third kappa shape index (κ3) is 6.99. The first-order valence-corrected chi connectivity index (χ1v) is 27.2. The first-order valence-electron chi connectivity index (χ1n) is 27.2. The van der Waals surface area contributed by atoms with Gasteiger partial charge in [0.2, 0.25) is 0 Å². The molecule has 1 atom stereocenters. The molecule has 4 aliphatic rings. The molecule has 17 heteroatoms. The van der Waals surface area contributed by atoms with Crippen LogP contribution in [0.25, 0.3) is 98.1 Å². The van der Waals surface area contributed by atoms with Gasteiger partial charge < -0.3 is 19.1 Å². The van der Waals surface area contributed by atoms with Gasteiger partial charge in [0.05, 0.1) is 61.3 Å². The minimum absolute atomic E-state index is 0.00427. The molecule has 11 aromatic rings. The number of benzene rings is 9. The number of aliphatic hydroxyl groups is 1. The van der Waals surface area contributed by atoms with E-state index in [-0.39, 0.29) is 87.7 Å². The molecule has 0 saturated heterocycles. The van der Waals surface area contributed by atoms with Crippen LogP contribution in [0.2, 0.25) is 0 Å². The van der Waals surface area contributed by atoms with E-state index < -0.39 is 71.3 Å². The number of nitrogens with zero attached hydrogens (tertiary/aromatic N) is 4. The Morgan fingerprint density at radius 1 is 0.407 bits per heavy atom. The van der Waals surface area contributed by atoms with Gasteiger partial charge >= 0.3 is 18.5 Å². The molecule has 2 aliphatic carbocycles. The molecule has 9 aromatic carbocycles. The number of aryl methyl sites for hydroxylation is 1. The number of aliphatic hydroxyl groups excluding tert-OH is 1. The Morgan fingerprint density at radius 3 is 1.31 bits per heavy atom. The van der Waals surface area contributed by atoms with Gasteiger partial charge in [-0.1, -0.05) is 87.1 Å². The largest absolute Gasteiger partial charge is 0.416 e. The standard InChI is InChI=1S/C64H45F9N4O4/c1-30-12-16-36-37-17-13-31(62(65,66)67)25-47(37)76(46(36)24-30)50-28-44-52-42(58(78)74(60(44)80)34-8-4-2-5-9-34)23-21-41-55-51(77-48-26-32(63(68,69)70)14-18-38(48)39-19-15-33(27-49(39)77)64(71,72)73)29-45-53-43(22-20-40(57(53)55)54(50)56(41)52)59(79)75(61(45)81)35-10-6-3-7-11-35/h12-29,34-35,59,79H,2-11H2,1H3. The van der Waals surface area contributed by atoms with E-state index in [0.717, 1.165) is 80.5 Å². The van der Waals surface area contributed by atoms with Gasteiger partial charge in [-0.25, -0.2) is 0 Å². The SMILES string of the molecule is Cc1ccc2c3ccc(C(F)(F)F)cc3n(-c3cc4c5c(ccc6c7c(-n8c9cc(C(F)(F)F)ccc9c9ccc(C(F)(F)F)cc98)cc8c9c(ccc(c3c56)c97)C(O)N(C3CCCCC3)C8=O)C(=O)N(C3CCCCC3)C4=O)c2c1. The summed E-state index contributed by atoms with van der Waals surface area (Å²) >= 11 is 0. The second-order valence-corrected chi connectivity index (χ2v) is 22.5. The average molecular weight is 1110 g/mol. The second-order valence-electron chi connectivity index (χ2n) is 22.5. The van der Waals surface area contributed by atoms with Crippen molar-refractivity contribution >= 4 is 104 Å². The fraction of sp³-hybridized carbons (Fsp3) is 0.266. The minimum atomic E-state index is -4.91. The molecule has 1 N–H and O–H groups in total. The maximum atomic E-state index is 15.6. The maximum absolute atomic E-state index is 15.6. The van der Waals surface area contributed by atoms with Gasteiger partial charge in [-0.3, -0.25) is 19.3 Å². The molecule has 0 radical (unpaired) electrons. The summed E-state index contributed by atoms with van der Waals surface area (Å²) in [5.41, 5.74) is -1.33. The van der Waals surface area contributed by atoms with E-state index in [2.05, 4.69) is 0 Å². The number of halogens is 9. The van der Waals surface area contributed by atoms with Crippen molar-refractivity contribution in [2.45, 2.75) is 108 Å². The Kier molecular flexibility index (Phi) is 10.4. The number of rotatable bonds is 4. The van der Waals surface area contributed by atoms with Crippen LogP contribution in [0.3, 0.4) is 0 Å². The first kappa shape index (κ1) is 49.8. The summed E-state index contributed by atoms with van der Waals surface area (Å²) in [4.78, 5) is 49.1. The molecule has 4 heterocycles. The van der Waals surface area contributed by atoms with Crippen LogP contribution in [-0.2, 0) is 18.5 Å². The number of hydrogen-bond donors (Lipinski definition) is 1. The zero-order chi connectivity index (χ0) is 56.1. The Bertz CT molecular complexity index is 4560. The van der Waals surface area contributed by atoms with Gasteiger partial charge in [-0.05, 0) is 110 Å². The topological polar surface area (TPSA) is 87.8 Å². The number of imide groups is 1.